The minimum absolute atomic E-state index is 0.195. The number of hydrogen-bond acceptors (Lipinski definition) is 6. The second-order valence-corrected chi connectivity index (χ2v) is 10.5. The molecule has 0 spiro atoms. The molecule has 8 heteroatoms. The molecule has 0 radical (unpaired) electrons. The van der Waals surface area contributed by atoms with Crippen LogP contribution in [0.25, 0.3) is 11.3 Å². The minimum Gasteiger partial charge on any atom is -0.379 e. The Bertz CT molecular complexity index is 941. The van der Waals surface area contributed by atoms with Gasteiger partial charge in [-0.2, -0.15) is 4.31 Å². The molecule has 0 atom stereocenters. The third-order valence-corrected chi connectivity index (χ3v) is 8.46. The van der Waals surface area contributed by atoms with Gasteiger partial charge in [0.25, 0.3) is 0 Å². The molecular formula is C21H26N2O4S2. The van der Waals surface area contributed by atoms with Crippen molar-refractivity contribution in [1.82, 2.24) is 9.29 Å². The fraction of sp³-hybridized carbons (Fsp3) is 0.524. The standard InChI is InChI=1S/C21H26N2O4S2/c24-20(17-4-2-1-3-5-17)14-21-22-19(15-28-21)16-6-8-18(9-7-16)29(25,26)23-10-12-27-13-11-23/h6-9,15,17H,1-5,10-14H2. The lowest BCUT2D eigenvalue weighted by Gasteiger charge is -2.26. The van der Waals surface area contributed by atoms with Gasteiger partial charge in [0.05, 0.1) is 30.2 Å². The summed E-state index contributed by atoms with van der Waals surface area (Å²) in [5, 5.41) is 2.77. The second kappa shape index (κ2) is 9.04. The Morgan fingerprint density at radius 3 is 2.48 bits per heavy atom. The maximum atomic E-state index is 12.7. The molecule has 0 N–H and O–H groups in total. The van der Waals surface area contributed by atoms with Crippen LogP contribution < -0.4 is 0 Å². The van der Waals surface area contributed by atoms with Gasteiger partial charge in [0.1, 0.15) is 10.8 Å². The number of Topliss-reactive ketones (excluding diaryl/α,β-unsaturated/α-hetero) is 1. The van der Waals surface area contributed by atoms with Crippen molar-refractivity contribution in [2.45, 2.75) is 43.4 Å². The van der Waals surface area contributed by atoms with E-state index in [1.54, 1.807) is 24.3 Å². The number of nitrogens with zero attached hydrogens (tertiary/aromatic N) is 2. The molecule has 1 saturated heterocycles. The van der Waals surface area contributed by atoms with Gasteiger partial charge in [-0.15, -0.1) is 11.3 Å². The van der Waals surface area contributed by atoms with E-state index >= 15 is 0 Å². The van der Waals surface area contributed by atoms with Crippen LogP contribution >= 0.6 is 11.3 Å². The fourth-order valence-corrected chi connectivity index (χ4v) is 6.20. The molecule has 2 aromatic rings. The molecule has 4 rings (SSSR count). The lowest BCUT2D eigenvalue weighted by Crippen LogP contribution is -2.40. The Labute approximate surface area is 176 Å². The quantitative estimate of drug-likeness (QED) is 0.695. The molecule has 1 aliphatic carbocycles. The normalized spacial score (nSPS) is 19.3. The minimum atomic E-state index is -3.49. The average Bonchev–Trinajstić information content (AvgIpc) is 3.23. The Hall–Kier alpha value is -1.61. The van der Waals surface area contributed by atoms with Gasteiger partial charge in [-0.25, -0.2) is 13.4 Å². The lowest BCUT2D eigenvalue weighted by molar-refractivity contribution is -0.123. The van der Waals surface area contributed by atoms with Crippen molar-refractivity contribution in [3.05, 3.63) is 34.7 Å². The highest BCUT2D eigenvalue weighted by atomic mass is 32.2. The number of benzene rings is 1. The summed E-state index contributed by atoms with van der Waals surface area (Å²) in [6, 6.07) is 6.84. The molecule has 2 heterocycles. The lowest BCUT2D eigenvalue weighted by atomic mass is 9.85. The third kappa shape index (κ3) is 4.77. The molecule has 6 nitrogen and oxygen atoms in total. The van der Waals surface area contributed by atoms with Gasteiger partial charge in [0.15, 0.2) is 0 Å². The summed E-state index contributed by atoms with van der Waals surface area (Å²) >= 11 is 1.50. The topological polar surface area (TPSA) is 76.6 Å². The molecule has 29 heavy (non-hydrogen) atoms. The summed E-state index contributed by atoms with van der Waals surface area (Å²) in [7, 11) is -3.49. The molecular weight excluding hydrogens is 408 g/mol. The van der Waals surface area contributed by atoms with Crippen LogP contribution in [0, 0.1) is 5.92 Å². The van der Waals surface area contributed by atoms with Crippen LogP contribution in [-0.2, 0) is 26.0 Å². The van der Waals surface area contributed by atoms with Crippen LogP contribution in [0.5, 0.6) is 0 Å². The van der Waals surface area contributed by atoms with E-state index in [0.29, 0.717) is 38.5 Å². The first kappa shape index (κ1) is 20.7. The zero-order valence-electron chi connectivity index (χ0n) is 16.4. The van der Waals surface area contributed by atoms with Crippen molar-refractivity contribution in [1.29, 1.82) is 0 Å². The molecule has 2 aliphatic rings. The van der Waals surface area contributed by atoms with Crippen LogP contribution in [-0.4, -0.2) is 49.8 Å². The molecule has 0 unspecified atom stereocenters. The Balaban J connectivity index is 1.43. The highest BCUT2D eigenvalue weighted by Crippen LogP contribution is 2.28. The fourth-order valence-electron chi connectivity index (χ4n) is 3.98. The summed E-state index contributed by atoms with van der Waals surface area (Å²) < 4.78 is 32.2. The Morgan fingerprint density at radius 1 is 1.10 bits per heavy atom. The Kier molecular flexibility index (Phi) is 6.44. The number of carbonyl (C=O) groups is 1. The number of carbonyl (C=O) groups excluding carboxylic acids is 1. The summed E-state index contributed by atoms with van der Waals surface area (Å²) in [4.78, 5) is 17.4. The number of hydrogen-bond donors (Lipinski definition) is 0. The van der Waals surface area contributed by atoms with Crippen LogP contribution in [0.15, 0.2) is 34.5 Å². The predicted molar refractivity (Wildman–Crippen MR) is 112 cm³/mol. The van der Waals surface area contributed by atoms with Crippen molar-refractivity contribution in [2.24, 2.45) is 5.92 Å². The number of ether oxygens (including phenoxy) is 1. The van der Waals surface area contributed by atoms with E-state index in [1.165, 1.54) is 22.1 Å². The number of aromatic nitrogens is 1. The van der Waals surface area contributed by atoms with Crippen LogP contribution in [0.1, 0.15) is 37.1 Å². The van der Waals surface area contributed by atoms with Crippen molar-refractivity contribution in [3.8, 4) is 11.3 Å². The number of morpholine rings is 1. The van der Waals surface area contributed by atoms with Gasteiger partial charge in [-0.05, 0) is 25.0 Å². The zero-order chi connectivity index (χ0) is 20.3. The highest BCUT2D eigenvalue weighted by molar-refractivity contribution is 7.89. The third-order valence-electron chi connectivity index (χ3n) is 5.70. The van der Waals surface area contributed by atoms with E-state index in [0.717, 1.165) is 41.9 Å². The molecule has 1 aromatic carbocycles. The van der Waals surface area contributed by atoms with Gasteiger partial charge in [-0.3, -0.25) is 4.79 Å². The van der Waals surface area contributed by atoms with Crippen molar-refractivity contribution in [3.63, 3.8) is 0 Å². The first-order chi connectivity index (χ1) is 14.0. The molecule has 2 fully saturated rings. The summed E-state index contributed by atoms with van der Waals surface area (Å²) in [6.45, 7) is 1.63. The highest BCUT2D eigenvalue weighted by Gasteiger charge is 2.26. The second-order valence-electron chi connectivity index (χ2n) is 7.65. The van der Waals surface area contributed by atoms with E-state index in [4.69, 9.17) is 4.74 Å². The van der Waals surface area contributed by atoms with Crippen LogP contribution in [0.2, 0.25) is 0 Å². The molecule has 1 aromatic heterocycles. The summed E-state index contributed by atoms with van der Waals surface area (Å²) in [5.41, 5.74) is 1.65. The first-order valence-corrected chi connectivity index (χ1v) is 12.5. The Morgan fingerprint density at radius 2 is 1.79 bits per heavy atom. The smallest absolute Gasteiger partial charge is 0.243 e. The van der Waals surface area contributed by atoms with Gasteiger partial charge in [-0.1, -0.05) is 31.4 Å². The van der Waals surface area contributed by atoms with E-state index in [2.05, 4.69) is 4.98 Å². The molecule has 1 saturated carbocycles. The van der Waals surface area contributed by atoms with Crippen LogP contribution in [0.4, 0.5) is 0 Å². The first-order valence-electron chi connectivity index (χ1n) is 10.2. The largest absolute Gasteiger partial charge is 0.379 e. The van der Waals surface area contributed by atoms with Crippen molar-refractivity contribution in [2.75, 3.05) is 26.3 Å². The average molecular weight is 435 g/mol. The van der Waals surface area contributed by atoms with Gasteiger partial charge < -0.3 is 4.74 Å². The summed E-state index contributed by atoms with van der Waals surface area (Å²) in [6.07, 6.45) is 5.96. The van der Waals surface area contributed by atoms with E-state index in [-0.39, 0.29) is 10.8 Å². The van der Waals surface area contributed by atoms with E-state index in [9.17, 15) is 13.2 Å². The monoisotopic (exact) mass is 434 g/mol. The maximum Gasteiger partial charge on any atom is 0.243 e. The maximum absolute atomic E-state index is 12.7. The van der Waals surface area contributed by atoms with E-state index in [1.807, 2.05) is 5.38 Å². The number of thiazole rings is 1. The number of rotatable bonds is 6. The SMILES string of the molecule is O=C(Cc1nc(-c2ccc(S(=O)(=O)N3CCOCC3)cc2)cs1)C1CCCCC1. The number of ketones is 1. The predicted octanol–water partition coefficient (Wildman–Crippen LogP) is 3.52. The van der Waals surface area contributed by atoms with Gasteiger partial charge >= 0.3 is 0 Å². The molecule has 0 amide bonds. The number of sulfonamides is 1. The van der Waals surface area contributed by atoms with Crippen LogP contribution in [0.3, 0.4) is 0 Å². The van der Waals surface area contributed by atoms with E-state index < -0.39 is 10.0 Å². The molecule has 1 aliphatic heterocycles. The molecule has 156 valence electrons. The zero-order valence-corrected chi connectivity index (χ0v) is 18.0. The van der Waals surface area contributed by atoms with Crippen molar-refractivity contribution >= 4 is 27.1 Å². The molecule has 0 bridgehead atoms. The van der Waals surface area contributed by atoms with Crippen molar-refractivity contribution < 1.29 is 17.9 Å². The van der Waals surface area contributed by atoms with Gasteiger partial charge in [0.2, 0.25) is 10.0 Å². The van der Waals surface area contributed by atoms with Gasteiger partial charge in [0, 0.05) is 30.0 Å². The summed E-state index contributed by atoms with van der Waals surface area (Å²) in [5.74, 6) is 0.498.